The second kappa shape index (κ2) is 6.86. The molecule has 2 fully saturated rings. The van der Waals surface area contributed by atoms with Crippen molar-refractivity contribution in [3.05, 3.63) is 33.6 Å². The zero-order valence-corrected chi connectivity index (χ0v) is 15.3. The summed E-state index contributed by atoms with van der Waals surface area (Å²) in [5.41, 5.74) is 4.33. The average Bonchev–Trinajstić information content (AvgIpc) is 3.12. The molecule has 0 unspecified atom stereocenters. The standard InChI is InChI=1S/C17H22N4O3S/c1-11-15(12(2)24-19-11)6-20-3-13-4-21(5-14(20)8-23-7-13)17(22)16-9-25-10-18-16/h9-10,13-14H,3-8H2,1-2H3/t13-,14+/m1/s1. The number of aromatic nitrogens is 2. The highest BCUT2D eigenvalue weighted by Gasteiger charge is 2.36. The van der Waals surface area contributed by atoms with Crippen molar-refractivity contribution in [1.82, 2.24) is 19.9 Å². The summed E-state index contributed by atoms with van der Waals surface area (Å²) in [6.45, 7) is 8.33. The number of carbonyl (C=O) groups is 1. The smallest absolute Gasteiger partial charge is 0.273 e. The summed E-state index contributed by atoms with van der Waals surface area (Å²) in [6.07, 6.45) is 0. The first-order chi connectivity index (χ1) is 12.1. The Kier molecular flexibility index (Phi) is 4.58. The van der Waals surface area contributed by atoms with Gasteiger partial charge in [-0.3, -0.25) is 9.69 Å². The van der Waals surface area contributed by atoms with E-state index in [-0.39, 0.29) is 11.9 Å². The van der Waals surface area contributed by atoms with Gasteiger partial charge in [0.05, 0.1) is 30.5 Å². The number of hydrogen-bond acceptors (Lipinski definition) is 7. The zero-order valence-electron chi connectivity index (χ0n) is 14.5. The molecule has 7 nitrogen and oxygen atoms in total. The third-order valence-electron chi connectivity index (χ3n) is 5.06. The quantitative estimate of drug-likeness (QED) is 0.828. The lowest BCUT2D eigenvalue weighted by Crippen LogP contribution is -2.45. The molecule has 4 rings (SSSR count). The summed E-state index contributed by atoms with van der Waals surface area (Å²) in [5.74, 6) is 1.19. The van der Waals surface area contributed by atoms with Crippen molar-refractivity contribution in [2.75, 3.05) is 32.8 Å². The van der Waals surface area contributed by atoms with Gasteiger partial charge in [0.1, 0.15) is 11.5 Å². The number of thiazole rings is 1. The van der Waals surface area contributed by atoms with Crippen molar-refractivity contribution in [1.29, 1.82) is 0 Å². The van der Waals surface area contributed by atoms with E-state index in [1.807, 2.05) is 24.1 Å². The van der Waals surface area contributed by atoms with Crippen molar-refractivity contribution in [3.63, 3.8) is 0 Å². The third kappa shape index (κ3) is 3.33. The lowest BCUT2D eigenvalue weighted by Gasteiger charge is -2.31. The van der Waals surface area contributed by atoms with E-state index >= 15 is 0 Å². The van der Waals surface area contributed by atoms with Crippen LogP contribution in [0.3, 0.4) is 0 Å². The molecule has 2 aliphatic heterocycles. The maximum absolute atomic E-state index is 12.8. The molecule has 4 heterocycles. The Morgan fingerprint density at radius 1 is 1.32 bits per heavy atom. The molecule has 0 N–H and O–H groups in total. The number of hydrogen-bond donors (Lipinski definition) is 0. The van der Waals surface area contributed by atoms with Gasteiger partial charge in [-0.1, -0.05) is 5.16 Å². The molecule has 2 aliphatic rings. The maximum Gasteiger partial charge on any atom is 0.273 e. The van der Waals surface area contributed by atoms with Gasteiger partial charge in [-0.05, 0) is 13.8 Å². The summed E-state index contributed by atoms with van der Waals surface area (Å²) in [5, 5.41) is 5.88. The molecular weight excluding hydrogens is 340 g/mol. The zero-order chi connectivity index (χ0) is 17.4. The van der Waals surface area contributed by atoms with Gasteiger partial charge in [-0.15, -0.1) is 11.3 Å². The predicted molar refractivity (Wildman–Crippen MR) is 92.5 cm³/mol. The second-order valence-electron chi connectivity index (χ2n) is 6.87. The van der Waals surface area contributed by atoms with Gasteiger partial charge in [-0.25, -0.2) is 4.98 Å². The fraction of sp³-hybridized carbons (Fsp3) is 0.588. The minimum Gasteiger partial charge on any atom is -0.379 e. The highest BCUT2D eigenvalue weighted by atomic mass is 32.1. The number of fused-ring (bicyclic) bond motifs is 3. The van der Waals surface area contributed by atoms with Crippen LogP contribution in [0.25, 0.3) is 0 Å². The van der Waals surface area contributed by atoms with Crippen LogP contribution in [-0.4, -0.2) is 64.7 Å². The van der Waals surface area contributed by atoms with E-state index in [1.54, 1.807) is 5.51 Å². The number of aryl methyl sites for hydroxylation is 2. The molecule has 1 amide bonds. The van der Waals surface area contributed by atoms with Crippen LogP contribution in [0.4, 0.5) is 0 Å². The van der Waals surface area contributed by atoms with Crippen LogP contribution in [0, 0.1) is 19.8 Å². The summed E-state index contributed by atoms with van der Waals surface area (Å²) in [4.78, 5) is 21.3. The highest BCUT2D eigenvalue weighted by Crippen LogP contribution is 2.25. The Morgan fingerprint density at radius 2 is 2.20 bits per heavy atom. The average molecular weight is 362 g/mol. The molecule has 0 aromatic carbocycles. The number of ether oxygens (including phenoxy) is 1. The first-order valence-electron chi connectivity index (χ1n) is 8.53. The van der Waals surface area contributed by atoms with Gasteiger partial charge < -0.3 is 14.2 Å². The van der Waals surface area contributed by atoms with E-state index in [4.69, 9.17) is 9.26 Å². The molecular formula is C17H22N4O3S. The van der Waals surface area contributed by atoms with Crippen LogP contribution in [0.2, 0.25) is 0 Å². The Morgan fingerprint density at radius 3 is 2.92 bits per heavy atom. The van der Waals surface area contributed by atoms with Crippen LogP contribution >= 0.6 is 11.3 Å². The normalized spacial score (nSPS) is 24.3. The predicted octanol–water partition coefficient (Wildman–Crippen LogP) is 1.72. The van der Waals surface area contributed by atoms with Gasteiger partial charge in [-0.2, -0.15) is 0 Å². The molecule has 2 aromatic rings. The molecule has 0 saturated carbocycles. The molecule has 134 valence electrons. The largest absolute Gasteiger partial charge is 0.379 e. The van der Waals surface area contributed by atoms with Crippen molar-refractivity contribution >= 4 is 17.2 Å². The number of rotatable bonds is 3. The van der Waals surface area contributed by atoms with Crippen LogP contribution < -0.4 is 0 Å². The summed E-state index contributed by atoms with van der Waals surface area (Å²) in [7, 11) is 0. The van der Waals surface area contributed by atoms with E-state index in [0.717, 1.165) is 30.1 Å². The highest BCUT2D eigenvalue weighted by molar-refractivity contribution is 7.07. The molecule has 0 spiro atoms. The van der Waals surface area contributed by atoms with Crippen molar-refractivity contribution in [3.8, 4) is 0 Å². The lowest BCUT2D eigenvalue weighted by molar-refractivity contribution is 0.0402. The minimum atomic E-state index is 0.0253. The van der Waals surface area contributed by atoms with E-state index in [0.29, 0.717) is 37.9 Å². The molecule has 0 aliphatic carbocycles. The molecule has 0 radical (unpaired) electrons. The van der Waals surface area contributed by atoms with Crippen molar-refractivity contribution < 1.29 is 14.1 Å². The first kappa shape index (κ1) is 16.7. The van der Waals surface area contributed by atoms with E-state index in [1.165, 1.54) is 11.3 Å². The van der Waals surface area contributed by atoms with Gasteiger partial charge in [0.25, 0.3) is 5.91 Å². The Hall–Kier alpha value is -1.77. The summed E-state index contributed by atoms with van der Waals surface area (Å²) in [6, 6.07) is 0.170. The van der Waals surface area contributed by atoms with Crippen LogP contribution in [0.5, 0.6) is 0 Å². The van der Waals surface area contributed by atoms with E-state index in [9.17, 15) is 4.79 Å². The van der Waals surface area contributed by atoms with Gasteiger partial charge in [0.2, 0.25) is 0 Å². The first-order valence-corrected chi connectivity index (χ1v) is 9.47. The van der Waals surface area contributed by atoms with Crippen molar-refractivity contribution in [2.45, 2.75) is 26.4 Å². The second-order valence-corrected chi connectivity index (χ2v) is 7.59. The number of amides is 1. The topological polar surface area (TPSA) is 71.7 Å². The summed E-state index contributed by atoms with van der Waals surface area (Å²) < 4.78 is 11.2. The molecule has 2 aromatic heterocycles. The Labute approximate surface area is 150 Å². The van der Waals surface area contributed by atoms with Gasteiger partial charge in [0, 0.05) is 43.0 Å². The van der Waals surface area contributed by atoms with Gasteiger partial charge >= 0.3 is 0 Å². The molecule has 2 bridgehead atoms. The van der Waals surface area contributed by atoms with Crippen LogP contribution in [0.15, 0.2) is 15.4 Å². The SMILES string of the molecule is Cc1noc(C)c1CN1C[C@H]2COC[C@@H]1CN(C(=O)c1cscn1)C2. The molecule has 25 heavy (non-hydrogen) atoms. The van der Waals surface area contributed by atoms with Crippen molar-refractivity contribution in [2.24, 2.45) is 5.92 Å². The fourth-order valence-electron chi connectivity index (χ4n) is 3.70. The minimum absolute atomic E-state index is 0.0253. The number of nitrogens with zero attached hydrogens (tertiary/aromatic N) is 4. The van der Waals surface area contributed by atoms with Crippen LogP contribution in [0.1, 0.15) is 27.5 Å². The lowest BCUT2D eigenvalue weighted by atomic mass is 10.1. The molecule has 2 saturated heterocycles. The Bertz CT molecular complexity index is 726. The van der Waals surface area contributed by atoms with Crippen LogP contribution in [-0.2, 0) is 11.3 Å². The van der Waals surface area contributed by atoms with E-state index in [2.05, 4.69) is 15.0 Å². The van der Waals surface area contributed by atoms with Gasteiger partial charge in [0.15, 0.2) is 0 Å². The molecule has 2 atom stereocenters. The summed E-state index contributed by atoms with van der Waals surface area (Å²) >= 11 is 1.45. The molecule has 8 heteroatoms. The van der Waals surface area contributed by atoms with E-state index < -0.39 is 0 Å². The monoisotopic (exact) mass is 362 g/mol. The number of carbonyl (C=O) groups excluding carboxylic acids is 1. The fourth-order valence-corrected chi connectivity index (χ4v) is 4.22. The third-order valence-corrected chi connectivity index (χ3v) is 5.65. The maximum atomic E-state index is 12.8. The Balaban J connectivity index is 1.55.